The third-order valence-electron chi connectivity index (χ3n) is 5.07. The number of nitrogens with zero attached hydrogens (tertiary/aromatic N) is 3. The van der Waals surface area contributed by atoms with E-state index in [1.54, 1.807) is 0 Å². The number of aromatic nitrogens is 4. The monoisotopic (exact) mass is 503 g/mol. The van der Waals surface area contributed by atoms with Gasteiger partial charge >= 0.3 is 0 Å². The molecule has 0 spiro atoms. The number of rotatable bonds is 1. The molecule has 0 atom stereocenters. The van der Waals surface area contributed by atoms with Crippen molar-refractivity contribution in [3.05, 3.63) is 100 Å². The quantitative estimate of drug-likeness (QED) is 0.190. The van der Waals surface area contributed by atoms with E-state index in [2.05, 4.69) is 49.4 Å². The average Bonchev–Trinajstić information content (AvgIpc) is 3.62. The molecular weight excluding hydrogens is 486 g/mol. The molecule has 2 aliphatic heterocycles. The zero-order chi connectivity index (χ0) is 23.5. The Bertz CT molecular complexity index is 1450. The van der Waals surface area contributed by atoms with E-state index >= 15 is 0 Å². The summed E-state index contributed by atoms with van der Waals surface area (Å²) in [6, 6.07) is 16.4. The summed E-state index contributed by atoms with van der Waals surface area (Å²) in [5, 5.41) is 2.37. The minimum absolute atomic E-state index is 0. The maximum atomic E-state index is 10.6. The third kappa shape index (κ3) is 5.73. The number of fused-ring (bicyclic) bond motifs is 8. The first kappa shape index (κ1) is 23.7. The Morgan fingerprint density at radius 3 is 1.34 bits per heavy atom. The molecule has 0 fully saturated rings. The normalized spacial score (nSPS) is 13.5. The number of allylic oxidation sites excluding steroid dienone is 3. The van der Waals surface area contributed by atoms with Crippen molar-refractivity contribution in [2.24, 2.45) is 5.18 Å². The van der Waals surface area contributed by atoms with Gasteiger partial charge in [-0.2, -0.15) is 0 Å². The van der Waals surface area contributed by atoms with Gasteiger partial charge in [-0.1, -0.05) is 0 Å². The zero-order valence-corrected chi connectivity index (χ0v) is 19.2. The molecule has 172 valence electrons. The van der Waals surface area contributed by atoms with Gasteiger partial charge in [-0.05, 0) is 90.2 Å². The van der Waals surface area contributed by atoms with E-state index < -0.39 is 5.78 Å². The van der Waals surface area contributed by atoms with E-state index in [1.807, 2.05) is 48.6 Å². The van der Waals surface area contributed by atoms with Crippen LogP contribution in [0.1, 0.15) is 22.8 Å². The van der Waals surface area contributed by atoms with Crippen molar-refractivity contribution in [2.45, 2.75) is 0 Å². The molecule has 0 radical (unpaired) electrons. The van der Waals surface area contributed by atoms with Crippen LogP contribution < -0.4 is 0 Å². The van der Waals surface area contributed by atoms with Crippen LogP contribution in [-0.2, 0) is 26.7 Å². The number of nitroso groups, excluding NO2 is 1. The Morgan fingerprint density at radius 1 is 0.600 bits per heavy atom. The van der Waals surface area contributed by atoms with E-state index in [0.29, 0.717) is 0 Å². The fraction of sp³-hybridized carbons (Fsp3) is 0. The molecule has 0 aromatic carbocycles. The SMILES string of the molecule is C1=Cc2cc3ccc(cc4nc(cc5ccc(cc1n2)[nH]5)C=C4)[nH]3.O=NC1=CC(=O)C=CC1=O.[Fe]. The largest absolute Gasteiger partial charge is 0.355 e. The average molecular weight is 503 g/mol. The Kier molecular flexibility index (Phi) is 6.91. The number of hydrogen-bond donors (Lipinski definition) is 2. The maximum absolute atomic E-state index is 10.6. The summed E-state index contributed by atoms with van der Waals surface area (Å²) in [4.78, 5) is 46.8. The molecule has 9 heteroatoms. The Morgan fingerprint density at radius 2 is 1.00 bits per heavy atom. The van der Waals surface area contributed by atoms with E-state index in [0.717, 1.165) is 63.1 Å². The van der Waals surface area contributed by atoms with E-state index in [1.165, 1.54) is 0 Å². The standard InChI is InChI=1S/C20H14N4.C6H3NO3.Fe/c1-2-14-10-16-5-6-18(23-16)12-20-8-7-19(24-20)11-17-4-3-15(22-17)9-13(1)21-14;8-4-1-2-6(9)5(3-4)7-10;/h1-12,21,24H;1-3H;. The van der Waals surface area contributed by atoms with Crippen LogP contribution >= 0.6 is 0 Å². The number of hydrogen-bond acceptors (Lipinski definition) is 6. The predicted molar refractivity (Wildman–Crippen MR) is 132 cm³/mol. The summed E-state index contributed by atoms with van der Waals surface area (Å²) < 4.78 is 0. The summed E-state index contributed by atoms with van der Waals surface area (Å²) >= 11 is 0. The van der Waals surface area contributed by atoms with Crippen molar-refractivity contribution < 1.29 is 26.7 Å². The molecule has 3 aromatic rings. The van der Waals surface area contributed by atoms with Crippen LogP contribution in [0.4, 0.5) is 0 Å². The Balaban J connectivity index is 0.000000224. The molecule has 1 aliphatic carbocycles. The van der Waals surface area contributed by atoms with Crippen molar-refractivity contribution in [3.63, 3.8) is 0 Å². The molecule has 5 heterocycles. The molecular formula is C26H17FeN5O3. The maximum Gasteiger partial charge on any atom is 0.208 e. The van der Waals surface area contributed by atoms with Crippen LogP contribution in [0.3, 0.4) is 0 Å². The van der Waals surface area contributed by atoms with Gasteiger partial charge in [0.2, 0.25) is 5.78 Å². The second kappa shape index (κ2) is 10.2. The van der Waals surface area contributed by atoms with Crippen LogP contribution in [0.15, 0.2) is 77.6 Å². The van der Waals surface area contributed by atoms with Gasteiger partial charge in [0.1, 0.15) is 0 Å². The van der Waals surface area contributed by atoms with Gasteiger partial charge in [-0.25, -0.2) is 9.97 Å². The van der Waals surface area contributed by atoms with E-state index in [9.17, 15) is 14.5 Å². The fourth-order valence-electron chi connectivity index (χ4n) is 3.51. The fourth-order valence-corrected chi connectivity index (χ4v) is 3.51. The van der Waals surface area contributed by atoms with Crippen molar-refractivity contribution in [2.75, 3.05) is 0 Å². The second-order valence-corrected chi connectivity index (χ2v) is 7.63. The van der Waals surface area contributed by atoms with Gasteiger partial charge in [0.25, 0.3) is 0 Å². The van der Waals surface area contributed by atoms with Gasteiger partial charge in [-0.3, -0.25) is 9.59 Å². The molecule has 2 N–H and O–H groups in total. The van der Waals surface area contributed by atoms with Crippen molar-refractivity contribution in [1.82, 2.24) is 19.9 Å². The summed E-state index contributed by atoms with van der Waals surface area (Å²) in [6.45, 7) is 0. The third-order valence-corrected chi connectivity index (χ3v) is 5.07. The molecule has 0 saturated heterocycles. The molecule has 0 unspecified atom stereocenters. The first-order chi connectivity index (χ1) is 16.5. The molecule has 0 amide bonds. The Hall–Kier alpha value is -4.46. The number of carbonyl (C=O) groups is 2. The van der Waals surface area contributed by atoms with Gasteiger partial charge in [0.05, 0.1) is 22.8 Å². The summed E-state index contributed by atoms with van der Waals surface area (Å²) in [7, 11) is 0. The van der Waals surface area contributed by atoms with Gasteiger partial charge < -0.3 is 9.97 Å². The first-order valence-corrected chi connectivity index (χ1v) is 10.4. The molecule has 0 saturated carbocycles. The number of H-pyrrole nitrogens is 2. The molecule has 8 bridgehead atoms. The van der Waals surface area contributed by atoms with Crippen molar-refractivity contribution in [1.29, 1.82) is 0 Å². The smallest absolute Gasteiger partial charge is 0.208 e. The molecule has 35 heavy (non-hydrogen) atoms. The van der Waals surface area contributed by atoms with Crippen LogP contribution in [0.25, 0.3) is 46.4 Å². The van der Waals surface area contributed by atoms with Crippen molar-refractivity contribution >= 4 is 57.9 Å². The summed E-state index contributed by atoms with van der Waals surface area (Å²) in [5.74, 6) is -0.899. The van der Waals surface area contributed by atoms with Crippen LogP contribution in [0.2, 0.25) is 0 Å². The van der Waals surface area contributed by atoms with Crippen LogP contribution in [0, 0.1) is 4.91 Å². The van der Waals surface area contributed by atoms with Crippen molar-refractivity contribution in [3.8, 4) is 0 Å². The molecule has 3 aromatic heterocycles. The number of carbonyl (C=O) groups excluding carboxylic acids is 2. The molecule has 8 nitrogen and oxygen atoms in total. The Labute approximate surface area is 209 Å². The van der Waals surface area contributed by atoms with Gasteiger partial charge in [0, 0.05) is 45.2 Å². The molecule has 6 rings (SSSR count). The predicted octanol–water partition coefficient (Wildman–Crippen LogP) is 5.00. The van der Waals surface area contributed by atoms with Crippen LogP contribution in [-0.4, -0.2) is 31.5 Å². The number of nitrogens with one attached hydrogen (secondary N) is 2. The zero-order valence-electron chi connectivity index (χ0n) is 18.1. The number of ketones is 2. The van der Waals surface area contributed by atoms with Gasteiger partial charge in [-0.15, -0.1) is 4.91 Å². The summed E-state index contributed by atoms with van der Waals surface area (Å²) in [5.41, 5.74) is 7.53. The number of aromatic amines is 2. The topological polar surface area (TPSA) is 121 Å². The van der Waals surface area contributed by atoms with E-state index in [-0.39, 0.29) is 28.5 Å². The minimum atomic E-state index is -0.519. The molecule has 3 aliphatic rings. The summed E-state index contributed by atoms with van der Waals surface area (Å²) in [6.07, 6.45) is 11.1. The van der Waals surface area contributed by atoms with Crippen LogP contribution in [0.5, 0.6) is 0 Å². The first-order valence-electron chi connectivity index (χ1n) is 10.4. The van der Waals surface area contributed by atoms with Gasteiger partial charge in [0.15, 0.2) is 11.5 Å². The minimum Gasteiger partial charge on any atom is -0.355 e. The van der Waals surface area contributed by atoms with E-state index in [4.69, 9.17) is 0 Å². The second-order valence-electron chi connectivity index (χ2n) is 7.63.